The average molecular weight is 222 g/mol. The van der Waals surface area contributed by atoms with E-state index in [2.05, 4.69) is 23.5 Å². The highest BCUT2D eigenvalue weighted by molar-refractivity contribution is 5.78. The first kappa shape index (κ1) is 13.1. The molecule has 1 fully saturated rings. The van der Waals surface area contributed by atoms with Crippen molar-refractivity contribution in [3.05, 3.63) is 0 Å². The van der Waals surface area contributed by atoms with Crippen LogP contribution >= 0.6 is 0 Å². The smallest absolute Gasteiger partial charge is 0.234 e. The zero-order valence-corrected chi connectivity index (χ0v) is 10.1. The van der Waals surface area contributed by atoms with Crippen LogP contribution in [0.3, 0.4) is 0 Å². The number of carbonyl (C=O) groups is 1. The van der Waals surface area contributed by atoms with Gasteiger partial charge in [-0.3, -0.25) is 10.1 Å². The second-order valence-corrected chi connectivity index (χ2v) is 4.69. The molecule has 1 aliphatic carbocycles. The van der Waals surface area contributed by atoms with Crippen LogP contribution in [0, 0.1) is 18.3 Å². The van der Waals surface area contributed by atoms with Crippen molar-refractivity contribution in [2.24, 2.45) is 5.92 Å². The van der Waals surface area contributed by atoms with E-state index in [1.54, 1.807) is 0 Å². The van der Waals surface area contributed by atoms with Crippen molar-refractivity contribution in [1.82, 2.24) is 10.6 Å². The lowest BCUT2D eigenvalue weighted by Crippen LogP contribution is -2.40. The summed E-state index contributed by atoms with van der Waals surface area (Å²) in [7, 11) is 0. The maximum atomic E-state index is 11.5. The van der Waals surface area contributed by atoms with Gasteiger partial charge in [-0.15, -0.1) is 6.42 Å². The predicted molar refractivity (Wildman–Crippen MR) is 65.9 cm³/mol. The summed E-state index contributed by atoms with van der Waals surface area (Å²) in [4.78, 5) is 11.5. The van der Waals surface area contributed by atoms with Crippen LogP contribution in [0.25, 0.3) is 0 Å². The molecule has 0 heterocycles. The van der Waals surface area contributed by atoms with E-state index in [-0.39, 0.29) is 5.91 Å². The summed E-state index contributed by atoms with van der Waals surface area (Å²) in [5.74, 6) is 3.32. The van der Waals surface area contributed by atoms with Crippen molar-refractivity contribution in [3.8, 4) is 12.3 Å². The molecular weight excluding hydrogens is 200 g/mol. The van der Waals surface area contributed by atoms with Crippen molar-refractivity contribution >= 4 is 5.91 Å². The number of hydrogen-bond donors (Lipinski definition) is 2. The molecule has 1 saturated carbocycles. The number of carbonyl (C=O) groups excluding carboxylic acids is 1. The van der Waals surface area contributed by atoms with E-state index in [1.807, 2.05) is 0 Å². The SMILES string of the molecule is C#CCNCC(=O)NC1CCCC(C)CC1. The van der Waals surface area contributed by atoms with Crippen LogP contribution in [-0.4, -0.2) is 25.0 Å². The minimum atomic E-state index is 0.0646. The maximum absolute atomic E-state index is 11.5. The van der Waals surface area contributed by atoms with Gasteiger partial charge in [0.1, 0.15) is 0 Å². The molecule has 2 atom stereocenters. The van der Waals surface area contributed by atoms with Crippen molar-refractivity contribution in [2.75, 3.05) is 13.1 Å². The van der Waals surface area contributed by atoms with Crippen LogP contribution < -0.4 is 10.6 Å². The van der Waals surface area contributed by atoms with Gasteiger partial charge in [0.25, 0.3) is 0 Å². The van der Waals surface area contributed by atoms with E-state index in [4.69, 9.17) is 6.42 Å². The standard InChI is InChI=1S/C13H22N2O/c1-3-9-14-10-13(16)15-12-6-4-5-11(2)7-8-12/h1,11-12,14H,4-10H2,2H3,(H,15,16). The van der Waals surface area contributed by atoms with Crippen LogP contribution in [0.1, 0.15) is 39.0 Å². The highest BCUT2D eigenvalue weighted by Crippen LogP contribution is 2.22. The molecule has 0 aromatic carbocycles. The quantitative estimate of drug-likeness (QED) is 0.427. The van der Waals surface area contributed by atoms with Gasteiger partial charge in [0.15, 0.2) is 0 Å². The minimum Gasteiger partial charge on any atom is -0.352 e. The topological polar surface area (TPSA) is 41.1 Å². The van der Waals surface area contributed by atoms with E-state index in [9.17, 15) is 4.79 Å². The lowest BCUT2D eigenvalue weighted by Gasteiger charge is -2.16. The fourth-order valence-electron chi connectivity index (χ4n) is 2.16. The molecule has 90 valence electrons. The molecule has 1 amide bonds. The maximum Gasteiger partial charge on any atom is 0.234 e. The Labute approximate surface area is 98.4 Å². The Morgan fingerprint density at radius 1 is 1.38 bits per heavy atom. The van der Waals surface area contributed by atoms with Crippen molar-refractivity contribution in [3.63, 3.8) is 0 Å². The van der Waals surface area contributed by atoms with Crippen LogP contribution in [0.5, 0.6) is 0 Å². The van der Waals surface area contributed by atoms with E-state index in [0.29, 0.717) is 19.1 Å². The Hall–Kier alpha value is -1.01. The van der Waals surface area contributed by atoms with Gasteiger partial charge in [-0.1, -0.05) is 25.7 Å². The lowest BCUT2D eigenvalue weighted by atomic mass is 10.0. The normalized spacial score (nSPS) is 25.5. The third-order valence-corrected chi connectivity index (χ3v) is 3.14. The van der Waals surface area contributed by atoms with Gasteiger partial charge in [-0.05, 0) is 25.2 Å². The van der Waals surface area contributed by atoms with Gasteiger partial charge < -0.3 is 5.32 Å². The van der Waals surface area contributed by atoms with Gasteiger partial charge in [-0.25, -0.2) is 0 Å². The van der Waals surface area contributed by atoms with Gasteiger partial charge in [-0.2, -0.15) is 0 Å². The van der Waals surface area contributed by atoms with Gasteiger partial charge in [0.05, 0.1) is 13.1 Å². The molecule has 2 N–H and O–H groups in total. The first-order chi connectivity index (χ1) is 7.72. The Morgan fingerprint density at radius 3 is 2.94 bits per heavy atom. The highest BCUT2D eigenvalue weighted by Gasteiger charge is 2.17. The molecular formula is C13H22N2O. The fraction of sp³-hybridized carbons (Fsp3) is 0.769. The second-order valence-electron chi connectivity index (χ2n) is 4.69. The number of rotatable bonds is 4. The Morgan fingerprint density at radius 2 is 2.19 bits per heavy atom. The van der Waals surface area contributed by atoms with Crippen molar-refractivity contribution < 1.29 is 4.79 Å². The molecule has 1 aliphatic rings. The largest absolute Gasteiger partial charge is 0.352 e. The van der Waals surface area contributed by atoms with Gasteiger partial charge in [0.2, 0.25) is 5.91 Å². The summed E-state index contributed by atoms with van der Waals surface area (Å²) in [6, 6.07) is 0.366. The molecule has 3 heteroatoms. The first-order valence-corrected chi connectivity index (χ1v) is 6.16. The Balaban J connectivity index is 2.20. The van der Waals surface area contributed by atoms with E-state index < -0.39 is 0 Å². The minimum absolute atomic E-state index is 0.0646. The van der Waals surface area contributed by atoms with Crippen molar-refractivity contribution in [2.45, 2.75) is 45.1 Å². The fourth-order valence-corrected chi connectivity index (χ4v) is 2.16. The summed E-state index contributed by atoms with van der Waals surface area (Å²) >= 11 is 0. The van der Waals surface area contributed by atoms with E-state index >= 15 is 0 Å². The van der Waals surface area contributed by atoms with E-state index in [0.717, 1.165) is 18.8 Å². The van der Waals surface area contributed by atoms with Gasteiger partial charge >= 0.3 is 0 Å². The second kappa shape index (κ2) is 7.29. The first-order valence-electron chi connectivity index (χ1n) is 6.16. The molecule has 0 aromatic rings. The van der Waals surface area contributed by atoms with Crippen LogP contribution in [0.2, 0.25) is 0 Å². The van der Waals surface area contributed by atoms with Crippen LogP contribution in [-0.2, 0) is 4.79 Å². The molecule has 1 rings (SSSR count). The molecule has 0 radical (unpaired) electrons. The molecule has 0 saturated heterocycles. The highest BCUT2D eigenvalue weighted by atomic mass is 16.1. The summed E-state index contributed by atoms with van der Waals surface area (Å²) in [6.45, 7) is 3.07. The Kier molecular flexibility index (Phi) is 5.95. The van der Waals surface area contributed by atoms with Crippen molar-refractivity contribution in [1.29, 1.82) is 0 Å². The van der Waals surface area contributed by atoms with E-state index in [1.165, 1.54) is 19.3 Å². The van der Waals surface area contributed by atoms with Crippen LogP contribution in [0.4, 0.5) is 0 Å². The third-order valence-electron chi connectivity index (χ3n) is 3.14. The monoisotopic (exact) mass is 222 g/mol. The van der Waals surface area contributed by atoms with Gasteiger partial charge in [0, 0.05) is 6.04 Å². The zero-order chi connectivity index (χ0) is 11.8. The Bertz CT molecular complexity index is 257. The zero-order valence-electron chi connectivity index (χ0n) is 10.1. The molecule has 0 spiro atoms. The number of amides is 1. The number of nitrogens with one attached hydrogen (secondary N) is 2. The molecule has 0 bridgehead atoms. The average Bonchev–Trinajstić information content (AvgIpc) is 2.44. The molecule has 0 aromatic heterocycles. The molecule has 2 unspecified atom stereocenters. The molecule has 3 nitrogen and oxygen atoms in total. The predicted octanol–water partition coefficient (Wildman–Crippen LogP) is 1.29. The molecule has 16 heavy (non-hydrogen) atoms. The molecule has 0 aliphatic heterocycles. The summed E-state index contributed by atoms with van der Waals surface area (Å²) in [5, 5.41) is 5.97. The summed E-state index contributed by atoms with van der Waals surface area (Å²) < 4.78 is 0. The number of terminal acetylenes is 1. The number of hydrogen-bond acceptors (Lipinski definition) is 2. The van der Waals surface area contributed by atoms with Crippen LogP contribution in [0.15, 0.2) is 0 Å². The lowest BCUT2D eigenvalue weighted by molar-refractivity contribution is -0.121. The summed E-state index contributed by atoms with van der Waals surface area (Å²) in [6.07, 6.45) is 11.1. The third kappa shape index (κ3) is 5.18. The summed E-state index contributed by atoms with van der Waals surface area (Å²) in [5.41, 5.74) is 0.